The Kier molecular flexibility index (Phi) is 4.98. The Hall–Kier alpha value is -1.59. The zero-order valence-electron chi connectivity index (χ0n) is 10.2. The topological polar surface area (TPSA) is 46.5 Å². The molecular weight excluding hydrogens is 388 g/mol. The molecule has 2 aromatic carbocycles. The average molecular weight is 398 g/mol. The molecule has 0 radical (unpaired) electrons. The predicted molar refractivity (Wildman–Crippen MR) is 85.0 cm³/mol. The maximum absolute atomic E-state index is 10.6. The standard InChI is InChI=1S/C15H10Br2O3/c16-11-2-5-13(6-3-11)20-14-7-4-12(17)9-10(14)1-8-15(18)19/h1-9H,(H,18,19)/b8-1+. The summed E-state index contributed by atoms with van der Waals surface area (Å²) in [5.41, 5.74) is 0.685. The van der Waals surface area contributed by atoms with Gasteiger partial charge in [0, 0.05) is 20.6 Å². The number of hydrogen-bond donors (Lipinski definition) is 1. The second kappa shape index (κ2) is 6.72. The van der Waals surface area contributed by atoms with Crippen LogP contribution in [0.2, 0.25) is 0 Å². The summed E-state index contributed by atoms with van der Waals surface area (Å²) in [6.45, 7) is 0. The summed E-state index contributed by atoms with van der Waals surface area (Å²) in [7, 11) is 0. The molecule has 20 heavy (non-hydrogen) atoms. The van der Waals surface area contributed by atoms with E-state index in [1.807, 2.05) is 30.3 Å². The highest BCUT2D eigenvalue weighted by molar-refractivity contribution is 9.10. The van der Waals surface area contributed by atoms with Crippen LogP contribution in [-0.2, 0) is 4.79 Å². The Labute approximate surface area is 133 Å². The first-order valence-electron chi connectivity index (χ1n) is 5.68. The lowest BCUT2D eigenvalue weighted by Crippen LogP contribution is -1.90. The third kappa shape index (κ3) is 4.21. The van der Waals surface area contributed by atoms with Gasteiger partial charge in [0.05, 0.1) is 0 Å². The van der Waals surface area contributed by atoms with Crippen molar-refractivity contribution in [1.29, 1.82) is 0 Å². The third-order valence-electron chi connectivity index (χ3n) is 2.42. The van der Waals surface area contributed by atoms with Crippen molar-refractivity contribution >= 4 is 43.9 Å². The van der Waals surface area contributed by atoms with E-state index in [4.69, 9.17) is 9.84 Å². The fourth-order valence-corrected chi connectivity index (χ4v) is 2.18. The van der Waals surface area contributed by atoms with Crippen molar-refractivity contribution in [2.24, 2.45) is 0 Å². The van der Waals surface area contributed by atoms with Crippen LogP contribution in [-0.4, -0.2) is 11.1 Å². The Morgan fingerprint density at radius 3 is 2.35 bits per heavy atom. The number of benzene rings is 2. The van der Waals surface area contributed by atoms with Gasteiger partial charge in [0.15, 0.2) is 0 Å². The molecule has 1 N–H and O–H groups in total. The Morgan fingerprint density at radius 2 is 1.70 bits per heavy atom. The summed E-state index contributed by atoms with van der Waals surface area (Å²) in [5, 5.41) is 8.71. The van der Waals surface area contributed by atoms with Gasteiger partial charge in [0.1, 0.15) is 11.5 Å². The van der Waals surface area contributed by atoms with Gasteiger partial charge in [-0.3, -0.25) is 0 Å². The van der Waals surface area contributed by atoms with Gasteiger partial charge in [0.2, 0.25) is 0 Å². The fraction of sp³-hybridized carbons (Fsp3) is 0. The minimum atomic E-state index is -1.00. The zero-order chi connectivity index (χ0) is 14.5. The number of aliphatic carboxylic acids is 1. The lowest BCUT2D eigenvalue weighted by atomic mass is 10.2. The highest BCUT2D eigenvalue weighted by Crippen LogP contribution is 2.29. The molecule has 0 aliphatic heterocycles. The minimum Gasteiger partial charge on any atom is -0.478 e. The smallest absolute Gasteiger partial charge is 0.328 e. The molecule has 102 valence electrons. The molecule has 2 aromatic rings. The quantitative estimate of drug-likeness (QED) is 0.730. The van der Waals surface area contributed by atoms with Gasteiger partial charge in [-0.1, -0.05) is 31.9 Å². The number of carboxylic acids is 1. The molecule has 0 saturated heterocycles. The van der Waals surface area contributed by atoms with Crippen molar-refractivity contribution in [3.8, 4) is 11.5 Å². The molecule has 3 nitrogen and oxygen atoms in total. The molecule has 0 unspecified atom stereocenters. The molecule has 0 heterocycles. The van der Waals surface area contributed by atoms with E-state index in [0.29, 0.717) is 17.1 Å². The Balaban J connectivity index is 2.30. The SMILES string of the molecule is O=C(O)/C=C/c1cc(Br)ccc1Oc1ccc(Br)cc1. The average Bonchev–Trinajstić information content (AvgIpc) is 2.41. The van der Waals surface area contributed by atoms with Crippen molar-refractivity contribution in [2.45, 2.75) is 0 Å². The fourth-order valence-electron chi connectivity index (χ4n) is 1.53. The van der Waals surface area contributed by atoms with E-state index in [1.54, 1.807) is 12.1 Å². The summed E-state index contributed by atoms with van der Waals surface area (Å²) in [4.78, 5) is 10.6. The summed E-state index contributed by atoms with van der Waals surface area (Å²) in [6, 6.07) is 12.8. The van der Waals surface area contributed by atoms with Gasteiger partial charge < -0.3 is 9.84 Å². The molecule has 0 aliphatic carbocycles. The van der Waals surface area contributed by atoms with Crippen molar-refractivity contribution < 1.29 is 14.6 Å². The van der Waals surface area contributed by atoms with Crippen LogP contribution in [0.25, 0.3) is 6.08 Å². The van der Waals surface area contributed by atoms with E-state index in [1.165, 1.54) is 6.08 Å². The van der Waals surface area contributed by atoms with E-state index < -0.39 is 5.97 Å². The molecule has 0 aromatic heterocycles. The van der Waals surface area contributed by atoms with E-state index in [-0.39, 0.29) is 0 Å². The van der Waals surface area contributed by atoms with Gasteiger partial charge in [-0.25, -0.2) is 4.79 Å². The molecular formula is C15H10Br2O3. The number of carbonyl (C=O) groups is 1. The number of hydrogen-bond acceptors (Lipinski definition) is 2. The van der Waals surface area contributed by atoms with Gasteiger partial charge in [0.25, 0.3) is 0 Å². The monoisotopic (exact) mass is 396 g/mol. The van der Waals surface area contributed by atoms with Gasteiger partial charge in [-0.2, -0.15) is 0 Å². The largest absolute Gasteiger partial charge is 0.478 e. The molecule has 0 spiro atoms. The van der Waals surface area contributed by atoms with Crippen LogP contribution < -0.4 is 4.74 Å². The first kappa shape index (κ1) is 14.8. The molecule has 2 rings (SSSR count). The highest BCUT2D eigenvalue weighted by Gasteiger charge is 2.04. The maximum Gasteiger partial charge on any atom is 0.328 e. The van der Waals surface area contributed by atoms with Gasteiger partial charge in [-0.15, -0.1) is 0 Å². The Bertz CT molecular complexity index is 649. The predicted octanol–water partition coefficient (Wildman–Crippen LogP) is 5.10. The summed E-state index contributed by atoms with van der Waals surface area (Å²) >= 11 is 6.71. The van der Waals surface area contributed by atoms with Crippen LogP contribution in [0.15, 0.2) is 57.5 Å². The van der Waals surface area contributed by atoms with E-state index in [9.17, 15) is 4.79 Å². The first-order chi connectivity index (χ1) is 9.54. The second-order valence-electron chi connectivity index (χ2n) is 3.91. The number of carboxylic acid groups (broad SMARTS) is 1. The van der Waals surface area contributed by atoms with Crippen LogP contribution >= 0.6 is 31.9 Å². The van der Waals surface area contributed by atoms with Gasteiger partial charge >= 0.3 is 5.97 Å². The Morgan fingerprint density at radius 1 is 1.05 bits per heavy atom. The number of rotatable bonds is 4. The second-order valence-corrected chi connectivity index (χ2v) is 5.74. The minimum absolute atomic E-state index is 0.591. The molecule has 0 bridgehead atoms. The summed E-state index contributed by atoms with van der Waals surface area (Å²) in [6.07, 6.45) is 2.58. The molecule has 0 atom stereocenters. The third-order valence-corrected chi connectivity index (χ3v) is 3.44. The lowest BCUT2D eigenvalue weighted by Gasteiger charge is -2.09. The van der Waals surface area contributed by atoms with Crippen molar-refractivity contribution in [2.75, 3.05) is 0 Å². The van der Waals surface area contributed by atoms with Crippen molar-refractivity contribution in [3.05, 3.63) is 63.0 Å². The van der Waals surface area contributed by atoms with Crippen LogP contribution in [0.1, 0.15) is 5.56 Å². The molecule has 0 aliphatic rings. The first-order valence-corrected chi connectivity index (χ1v) is 7.27. The zero-order valence-corrected chi connectivity index (χ0v) is 13.4. The molecule has 0 fully saturated rings. The van der Waals surface area contributed by atoms with Gasteiger partial charge in [-0.05, 0) is 48.5 Å². The number of halogens is 2. The summed E-state index contributed by atoms with van der Waals surface area (Å²) < 4.78 is 7.58. The van der Waals surface area contributed by atoms with E-state index in [0.717, 1.165) is 15.0 Å². The molecule has 0 amide bonds. The summed E-state index contributed by atoms with van der Waals surface area (Å²) in [5.74, 6) is 0.271. The van der Waals surface area contributed by atoms with Crippen LogP contribution in [0.3, 0.4) is 0 Å². The highest BCUT2D eigenvalue weighted by atomic mass is 79.9. The molecule has 5 heteroatoms. The molecule has 0 saturated carbocycles. The van der Waals surface area contributed by atoms with E-state index in [2.05, 4.69) is 31.9 Å². The van der Waals surface area contributed by atoms with Crippen molar-refractivity contribution in [1.82, 2.24) is 0 Å². The lowest BCUT2D eigenvalue weighted by molar-refractivity contribution is -0.131. The van der Waals surface area contributed by atoms with Crippen LogP contribution in [0, 0.1) is 0 Å². The normalized spacial score (nSPS) is 10.7. The number of ether oxygens (including phenoxy) is 1. The van der Waals surface area contributed by atoms with Crippen LogP contribution in [0.4, 0.5) is 0 Å². The maximum atomic E-state index is 10.6. The van der Waals surface area contributed by atoms with Crippen LogP contribution in [0.5, 0.6) is 11.5 Å². The van der Waals surface area contributed by atoms with Crippen molar-refractivity contribution in [3.63, 3.8) is 0 Å². The van der Waals surface area contributed by atoms with E-state index >= 15 is 0 Å².